The summed E-state index contributed by atoms with van der Waals surface area (Å²) in [5, 5.41) is 7.00. The van der Waals surface area contributed by atoms with Crippen molar-refractivity contribution in [1.82, 2.24) is 10.2 Å². The van der Waals surface area contributed by atoms with Gasteiger partial charge in [0.05, 0.1) is 6.61 Å². The highest BCUT2D eigenvalue weighted by molar-refractivity contribution is 5.86. The van der Waals surface area contributed by atoms with Crippen molar-refractivity contribution in [3.05, 3.63) is 30.2 Å². The molecule has 2 aromatic heterocycles. The number of fused-ring (bicyclic) bond motifs is 1. The summed E-state index contributed by atoms with van der Waals surface area (Å²) < 4.78 is 58.3. The third-order valence-corrected chi connectivity index (χ3v) is 3.21. The van der Waals surface area contributed by atoms with E-state index in [9.17, 15) is 13.2 Å². The number of ether oxygens (including phenoxy) is 2. The SMILES string of the molecule is FC(F)(F)c1nnc(-c2cc3cccc(OC[C@@H]4CO4)c3o2)o1. The van der Waals surface area contributed by atoms with Gasteiger partial charge in [-0.15, -0.1) is 10.2 Å². The topological polar surface area (TPSA) is 73.8 Å². The zero-order chi connectivity index (χ0) is 16.0. The first-order valence-corrected chi connectivity index (χ1v) is 6.69. The molecular formula is C14H9F3N2O4. The number of hydrogen-bond donors (Lipinski definition) is 0. The predicted octanol–water partition coefficient (Wildman–Crippen LogP) is 3.28. The lowest BCUT2D eigenvalue weighted by atomic mass is 10.2. The summed E-state index contributed by atoms with van der Waals surface area (Å²) in [4.78, 5) is 0. The average Bonchev–Trinajstić information content (AvgIpc) is 3.01. The molecule has 4 rings (SSSR count). The van der Waals surface area contributed by atoms with E-state index in [1.165, 1.54) is 6.07 Å². The maximum atomic E-state index is 12.5. The van der Waals surface area contributed by atoms with Crippen LogP contribution in [0.5, 0.6) is 5.75 Å². The number of benzene rings is 1. The molecule has 0 spiro atoms. The molecule has 6 nitrogen and oxygen atoms in total. The van der Waals surface area contributed by atoms with Crippen LogP contribution in [0.4, 0.5) is 13.2 Å². The Kier molecular flexibility index (Phi) is 3.05. The second kappa shape index (κ2) is 4.98. The van der Waals surface area contributed by atoms with Crippen LogP contribution >= 0.6 is 0 Å². The summed E-state index contributed by atoms with van der Waals surface area (Å²) in [6.45, 7) is 1.04. The molecular weight excluding hydrogens is 317 g/mol. The maximum Gasteiger partial charge on any atom is 0.470 e. The molecule has 1 saturated heterocycles. The van der Waals surface area contributed by atoms with E-state index >= 15 is 0 Å². The Bertz CT molecular complexity index is 851. The Morgan fingerprint density at radius 1 is 1.22 bits per heavy atom. The molecule has 1 aromatic carbocycles. The van der Waals surface area contributed by atoms with Crippen LogP contribution in [0, 0.1) is 0 Å². The minimum Gasteiger partial charge on any atom is -0.487 e. The summed E-state index contributed by atoms with van der Waals surface area (Å²) in [5.41, 5.74) is 0.398. The number of alkyl halides is 3. The van der Waals surface area contributed by atoms with Gasteiger partial charge in [0.25, 0.3) is 5.89 Å². The highest BCUT2D eigenvalue weighted by atomic mass is 19.4. The molecule has 0 unspecified atom stereocenters. The highest BCUT2D eigenvalue weighted by Crippen LogP contribution is 2.35. The number of rotatable bonds is 4. The molecule has 0 saturated carbocycles. The summed E-state index contributed by atoms with van der Waals surface area (Å²) >= 11 is 0. The van der Waals surface area contributed by atoms with Crippen LogP contribution < -0.4 is 4.74 Å². The van der Waals surface area contributed by atoms with Gasteiger partial charge in [-0.05, 0) is 12.1 Å². The average molecular weight is 326 g/mol. The van der Waals surface area contributed by atoms with Crippen molar-refractivity contribution in [2.45, 2.75) is 12.3 Å². The van der Waals surface area contributed by atoms with Crippen LogP contribution in [0.15, 0.2) is 33.1 Å². The van der Waals surface area contributed by atoms with E-state index in [-0.39, 0.29) is 17.8 Å². The Morgan fingerprint density at radius 3 is 2.74 bits per heavy atom. The molecule has 0 bridgehead atoms. The molecule has 0 amide bonds. The van der Waals surface area contributed by atoms with E-state index in [1.807, 2.05) is 0 Å². The van der Waals surface area contributed by atoms with Crippen molar-refractivity contribution in [2.75, 3.05) is 13.2 Å². The number of halogens is 3. The number of para-hydroxylation sites is 1. The van der Waals surface area contributed by atoms with Crippen LogP contribution in [0.2, 0.25) is 0 Å². The fourth-order valence-corrected chi connectivity index (χ4v) is 2.04. The van der Waals surface area contributed by atoms with Crippen molar-refractivity contribution in [1.29, 1.82) is 0 Å². The van der Waals surface area contributed by atoms with Crippen LogP contribution in [-0.4, -0.2) is 29.5 Å². The van der Waals surface area contributed by atoms with Gasteiger partial charge in [0.1, 0.15) is 12.7 Å². The minimum absolute atomic E-state index is 0.0433. The Labute approximate surface area is 126 Å². The first kappa shape index (κ1) is 14.1. The fraction of sp³-hybridized carbons (Fsp3) is 0.286. The number of aromatic nitrogens is 2. The lowest BCUT2D eigenvalue weighted by molar-refractivity contribution is -0.157. The van der Waals surface area contributed by atoms with Gasteiger partial charge in [-0.2, -0.15) is 13.2 Å². The van der Waals surface area contributed by atoms with E-state index < -0.39 is 12.1 Å². The van der Waals surface area contributed by atoms with Gasteiger partial charge in [0.15, 0.2) is 17.1 Å². The lowest BCUT2D eigenvalue weighted by Gasteiger charge is -2.03. The summed E-state index contributed by atoms with van der Waals surface area (Å²) in [6.07, 6.45) is -4.62. The van der Waals surface area contributed by atoms with Crippen LogP contribution in [0.25, 0.3) is 22.6 Å². The van der Waals surface area contributed by atoms with E-state index in [0.717, 1.165) is 0 Å². The maximum absolute atomic E-state index is 12.5. The molecule has 120 valence electrons. The van der Waals surface area contributed by atoms with Gasteiger partial charge < -0.3 is 18.3 Å². The van der Waals surface area contributed by atoms with Crippen molar-refractivity contribution in [3.8, 4) is 17.4 Å². The predicted molar refractivity (Wildman–Crippen MR) is 69.7 cm³/mol. The number of furan rings is 1. The smallest absolute Gasteiger partial charge is 0.470 e. The molecule has 3 aromatic rings. The quantitative estimate of drug-likeness (QED) is 0.685. The van der Waals surface area contributed by atoms with Crippen molar-refractivity contribution < 1.29 is 31.5 Å². The molecule has 3 heterocycles. The van der Waals surface area contributed by atoms with Crippen molar-refractivity contribution >= 4 is 11.0 Å². The van der Waals surface area contributed by atoms with Crippen LogP contribution in [0.1, 0.15) is 5.89 Å². The van der Waals surface area contributed by atoms with Gasteiger partial charge in [0.2, 0.25) is 0 Å². The molecule has 1 aliphatic heterocycles. The van der Waals surface area contributed by atoms with Gasteiger partial charge >= 0.3 is 12.1 Å². The standard InChI is InChI=1S/C14H9F3N2O4/c15-14(16,17)13-19-18-12(23-13)10-4-7-2-1-3-9(11(7)22-10)21-6-8-5-20-8/h1-4,8H,5-6H2/t8-/m0/s1. The zero-order valence-corrected chi connectivity index (χ0v) is 11.5. The van der Waals surface area contributed by atoms with Crippen molar-refractivity contribution in [3.63, 3.8) is 0 Å². The second-order valence-electron chi connectivity index (χ2n) is 4.96. The minimum atomic E-state index is -4.70. The molecule has 0 aliphatic carbocycles. The lowest BCUT2D eigenvalue weighted by Crippen LogP contribution is -2.04. The van der Waals surface area contributed by atoms with Gasteiger partial charge in [-0.25, -0.2) is 0 Å². The van der Waals surface area contributed by atoms with Gasteiger partial charge in [-0.3, -0.25) is 0 Å². The highest BCUT2D eigenvalue weighted by Gasteiger charge is 2.38. The zero-order valence-electron chi connectivity index (χ0n) is 11.5. The third-order valence-electron chi connectivity index (χ3n) is 3.21. The molecule has 1 atom stereocenters. The summed E-state index contributed by atoms with van der Waals surface area (Å²) in [6, 6.07) is 6.71. The Balaban J connectivity index is 1.68. The van der Waals surface area contributed by atoms with E-state index in [1.54, 1.807) is 18.2 Å². The molecule has 0 N–H and O–H groups in total. The van der Waals surface area contributed by atoms with E-state index in [2.05, 4.69) is 14.6 Å². The Morgan fingerprint density at radius 2 is 2.04 bits per heavy atom. The molecule has 0 radical (unpaired) electrons. The largest absolute Gasteiger partial charge is 0.487 e. The second-order valence-corrected chi connectivity index (χ2v) is 4.96. The van der Waals surface area contributed by atoms with Crippen LogP contribution in [0.3, 0.4) is 0 Å². The van der Waals surface area contributed by atoms with E-state index in [0.29, 0.717) is 29.9 Å². The van der Waals surface area contributed by atoms with Gasteiger partial charge in [-0.1, -0.05) is 12.1 Å². The summed E-state index contributed by atoms with van der Waals surface area (Å²) in [7, 11) is 0. The normalized spacial score (nSPS) is 17.6. The third kappa shape index (κ3) is 2.74. The first-order chi connectivity index (χ1) is 11.0. The molecule has 23 heavy (non-hydrogen) atoms. The van der Waals surface area contributed by atoms with Crippen molar-refractivity contribution in [2.24, 2.45) is 0 Å². The number of nitrogens with zero attached hydrogens (tertiary/aromatic N) is 2. The first-order valence-electron chi connectivity index (χ1n) is 6.69. The molecule has 9 heteroatoms. The molecule has 1 fully saturated rings. The fourth-order valence-electron chi connectivity index (χ4n) is 2.04. The van der Waals surface area contributed by atoms with Crippen LogP contribution in [-0.2, 0) is 10.9 Å². The Hall–Kier alpha value is -2.55. The monoisotopic (exact) mass is 326 g/mol. The van der Waals surface area contributed by atoms with Gasteiger partial charge in [0, 0.05) is 5.39 Å². The number of epoxide rings is 1. The summed E-state index contributed by atoms with van der Waals surface area (Å²) in [5.74, 6) is -1.25. The number of hydrogen-bond acceptors (Lipinski definition) is 6. The molecule has 1 aliphatic rings. The van der Waals surface area contributed by atoms with E-state index in [4.69, 9.17) is 13.9 Å².